The van der Waals surface area contributed by atoms with Crippen LogP contribution in [-0.2, 0) is 14.9 Å². The van der Waals surface area contributed by atoms with Crippen molar-refractivity contribution in [3.63, 3.8) is 0 Å². The minimum atomic E-state index is -0.00396. The molecule has 1 saturated heterocycles. The topological polar surface area (TPSA) is 18.5 Å². The van der Waals surface area contributed by atoms with E-state index >= 15 is 0 Å². The van der Waals surface area contributed by atoms with Crippen LogP contribution in [-0.4, -0.2) is 13.2 Å². The SMILES string of the molecule is CC1(c2ccccc2)CO[CH]OC1. The van der Waals surface area contributed by atoms with Crippen LogP contribution in [0.25, 0.3) is 0 Å². The van der Waals surface area contributed by atoms with Crippen molar-refractivity contribution in [2.75, 3.05) is 13.2 Å². The van der Waals surface area contributed by atoms with Gasteiger partial charge in [0.05, 0.1) is 13.2 Å². The van der Waals surface area contributed by atoms with Gasteiger partial charge in [-0.1, -0.05) is 37.3 Å². The molecule has 0 N–H and O–H groups in total. The minimum Gasteiger partial charge on any atom is -0.347 e. The largest absolute Gasteiger partial charge is 0.347 e. The molecule has 0 saturated carbocycles. The molecule has 2 heteroatoms. The monoisotopic (exact) mass is 177 g/mol. The first-order chi connectivity index (χ1) is 6.31. The average Bonchev–Trinajstić information content (AvgIpc) is 2.20. The number of hydrogen-bond acceptors (Lipinski definition) is 2. The smallest absolute Gasteiger partial charge is 0.209 e. The molecule has 0 unspecified atom stereocenters. The van der Waals surface area contributed by atoms with Gasteiger partial charge in [-0.25, -0.2) is 0 Å². The van der Waals surface area contributed by atoms with E-state index in [2.05, 4.69) is 19.1 Å². The first-order valence-corrected chi connectivity index (χ1v) is 4.42. The number of ether oxygens (including phenoxy) is 2. The maximum Gasteiger partial charge on any atom is 0.209 e. The Morgan fingerprint density at radius 3 is 2.31 bits per heavy atom. The molecule has 0 aromatic heterocycles. The van der Waals surface area contributed by atoms with E-state index in [0.29, 0.717) is 13.2 Å². The van der Waals surface area contributed by atoms with E-state index in [1.807, 2.05) is 18.2 Å². The number of hydrogen-bond donors (Lipinski definition) is 0. The zero-order chi connectivity index (χ0) is 9.15. The van der Waals surface area contributed by atoms with Crippen molar-refractivity contribution < 1.29 is 9.47 Å². The van der Waals surface area contributed by atoms with E-state index in [0.717, 1.165) is 0 Å². The van der Waals surface area contributed by atoms with Gasteiger partial charge in [0, 0.05) is 5.41 Å². The molecule has 1 heterocycles. The maximum atomic E-state index is 5.19. The first kappa shape index (κ1) is 8.73. The standard InChI is InChI=1S/C11H13O2/c1-11(7-12-9-13-8-11)10-5-3-2-4-6-10/h2-6,9H,7-8H2,1H3. The molecule has 1 aliphatic heterocycles. The molecule has 2 nitrogen and oxygen atoms in total. The molecule has 1 radical (unpaired) electrons. The van der Waals surface area contributed by atoms with Crippen molar-refractivity contribution in [3.05, 3.63) is 42.7 Å². The molecule has 69 valence electrons. The lowest BCUT2D eigenvalue weighted by Crippen LogP contribution is -2.37. The van der Waals surface area contributed by atoms with E-state index in [9.17, 15) is 0 Å². The van der Waals surface area contributed by atoms with Gasteiger partial charge in [-0.15, -0.1) is 0 Å². The van der Waals surface area contributed by atoms with Crippen LogP contribution < -0.4 is 0 Å². The quantitative estimate of drug-likeness (QED) is 0.654. The second-order valence-corrected chi connectivity index (χ2v) is 3.64. The van der Waals surface area contributed by atoms with Gasteiger partial charge in [0.25, 0.3) is 0 Å². The first-order valence-electron chi connectivity index (χ1n) is 4.42. The highest BCUT2D eigenvalue weighted by molar-refractivity contribution is 5.25. The van der Waals surface area contributed by atoms with Gasteiger partial charge in [-0.3, -0.25) is 0 Å². The molecule has 0 aliphatic carbocycles. The van der Waals surface area contributed by atoms with Crippen LogP contribution in [0.4, 0.5) is 0 Å². The van der Waals surface area contributed by atoms with Crippen molar-refractivity contribution in [1.29, 1.82) is 0 Å². The van der Waals surface area contributed by atoms with Gasteiger partial charge in [0.1, 0.15) is 0 Å². The third-order valence-corrected chi connectivity index (χ3v) is 2.41. The zero-order valence-corrected chi connectivity index (χ0v) is 7.69. The Labute approximate surface area is 78.5 Å². The van der Waals surface area contributed by atoms with Gasteiger partial charge in [-0.2, -0.15) is 0 Å². The summed E-state index contributed by atoms with van der Waals surface area (Å²) in [5.41, 5.74) is 1.26. The van der Waals surface area contributed by atoms with Crippen molar-refractivity contribution in [2.24, 2.45) is 0 Å². The molecule has 1 aromatic carbocycles. The molecule has 1 fully saturated rings. The lowest BCUT2D eigenvalue weighted by Gasteiger charge is -2.33. The van der Waals surface area contributed by atoms with Crippen LogP contribution >= 0.6 is 0 Å². The van der Waals surface area contributed by atoms with E-state index < -0.39 is 0 Å². The third kappa shape index (κ3) is 1.74. The highest BCUT2D eigenvalue weighted by Crippen LogP contribution is 2.27. The Balaban J connectivity index is 2.23. The third-order valence-electron chi connectivity index (χ3n) is 2.41. The van der Waals surface area contributed by atoms with E-state index in [-0.39, 0.29) is 5.41 Å². The molecule has 0 spiro atoms. The van der Waals surface area contributed by atoms with Gasteiger partial charge in [0.15, 0.2) is 0 Å². The van der Waals surface area contributed by atoms with E-state index in [1.54, 1.807) is 0 Å². The van der Waals surface area contributed by atoms with Crippen LogP contribution in [0, 0.1) is 6.79 Å². The maximum absolute atomic E-state index is 5.19. The lowest BCUT2D eigenvalue weighted by molar-refractivity contribution is -0.0729. The molecule has 0 amide bonds. The number of benzene rings is 1. The Kier molecular flexibility index (Phi) is 2.34. The molecular formula is C11H13O2. The Hall–Kier alpha value is -0.860. The van der Waals surface area contributed by atoms with Crippen molar-refractivity contribution in [2.45, 2.75) is 12.3 Å². The Bertz CT molecular complexity index is 263. The molecular weight excluding hydrogens is 164 g/mol. The minimum absolute atomic E-state index is 0.00396. The fourth-order valence-electron chi connectivity index (χ4n) is 1.53. The van der Waals surface area contributed by atoms with Crippen LogP contribution in [0.3, 0.4) is 0 Å². The summed E-state index contributed by atoms with van der Waals surface area (Å²) in [5.74, 6) is 0. The second-order valence-electron chi connectivity index (χ2n) is 3.64. The fraction of sp³-hybridized carbons (Fsp3) is 0.364. The average molecular weight is 177 g/mol. The van der Waals surface area contributed by atoms with Crippen LogP contribution in [0.5, 0.6) is 0 Å². The van der Waals surface area contributed by atoms with E-state index in [1.165, 1.54) is 12.4 Å². The van der Waals surface area contributed by atoms with Crippen molar-refractivity contribution in [1.82, 2.24) is 0 Å². The fourth-order valence-corrected chi connectivity index (χ4v) is 1.53. The highest BCUT2D eigenvalue weighted by Gasteiger charge is 2.30. The summed E-state index contributed by atoms with van der Waals surface area (Å²) in [6.45, 7) is 4.95. The van der Waals surface area contributed by atoms with Crippen molar-refractivity contribution in [3.8, 4) is 0 Å². The summed E-state index contributed by atoms with van der Waals surface area (Å²) < 4.78 is 10.4. The van der Waals surface area contributed by atoms with Crippen molar-refractivity contribution >= 4 is 0 Å². The predicted octanol–water partition coefficient (Wildman–Crippen LogP) is 2.11. The number of rotatable bonds is 1. The normalized spacial score (nSPS) is 21.3. The Morgan fingerprint density at radius 2 is 1.69 bits per heavy atom. The lowest BCUT2D eigenvalue weighted by atomic mass is 9.84. The molecule has 0 bridgehead atoms. The summed E-state index contributed by atoms with van der Waals surface area (Å²) in [6.07, 6.45) is 0. The molecule has 1 aromatic rings. The molecule has 2 rings (SSSR count). The summed E-state index contributed by atoms with van der Waals surface area (Å²) in [5, 5.41) is 0. The molecule has 1 aliphatic rings. The van der Waals surface area contributed by atoms with E-state index in [4.69, 9.17) is 9.47 Å². The highest BCUT2D eigenvalue weighted by atomic mass is 16.7. The predicted molar refractivity (Wildman–Crippen MR) is 50.0 cm³/mol. The summed E-state index contributed by atoms with van der Waals surface area (Å²) in [4.78, 5) is 0. The zero-order valence-electron chi connectivity index (χ0n) is 7.69. The summed E-state index contributed by atoms with van der Waals surface area (Å²) >= 11 is 0. The second kappa shape index (κ2) is 3.48. The molecule has 13 heavy (non-hydrogen) atoms. The summed E-state index contributed by atoms with van der Waals surface area (Å²) in [6, 6.07) is 10.3. The van der Waals surface area contributed by atoms with Crippen LogP contribution in [0.1, 0.15) is 12.5 Å². The molecule has 0 atom stereocenters. The van der Waals surface area contributed by atoms with Gasteiger partial charge >= 0.3 is 0 Å². The van der Waals surface area contributed by atoms with Crippen LogP contribution in [0.2, 0.25) is 0 Å². The van der Waals surface area contributed by atoms with Crippen LogP contribution in [0.15, 0.2) is 30.3 Å². The Morgan fingerprint density at radius 1 is 1.08 bits per heavy atom. The van der Waals surface area contributed by atoms with Gasteiger partial charge in [-0.05, 0) is 5.56 Å². The van der Waals surface area contributed by atoms with Gasteiger partial charge in [0.2, 0.25) is 6.79 Å². The van der Waals surface area contributed by atoms with Gasteiger partial charge < -0.3 is 9.47 Å². The summed E-state index contributed by atoms with van der Waals surface area (Å²) in [7, 11) is 0.